The fourth-order valence-corrected chi connectivity index (χ4v) is 2.04. The minimum Gasteiger partial charge on any atom is -0.382 e. The Kier molecular flexibility index (Phi) is 2.80. The van der Waals surface area contributed by atoms with Crippen LogP contribution in [0.3, 0.4) is 0 Å². The number of hydrogen-bond acceptors (Lipinski definition) is 3. The third kappa shape index (κ3) is 1.85. The summed E-state index contributed by atoms with van der Waals surface area (Å²) in [5.41, 5.74) is 7.19. The van der Waals surface area contributed by atoms with Gasteiger partial charge in [0.05, 0.1) is 11.1 Å². The Morgan fingerprint density at radius 1 is 0.850 bits per heavy atom. The number of rotatable bonds is 2. The van der Waals surface area contributed by atoms with E-state index in [1.54, 1.807) is 48.5 Å². The molecule has 2 aromatic rings. The molecule has 0 saturated carbocycles. The van der Waals surface area contributed by atoms with Crippen molar-refractivity contribution in [2.45, 2.75) is 0 Å². The van der Waals surface area contributed by atoms with Crippen LogP contribution in [0.1, 0.15) is 26.3 Å². The normalized spacial score (nSPS) is 14.6. The highest BCUT2D eigenvalue weighted by Crippen LogP contribution is 2.22. The number of fused-ring (bicyclic) bond motifs is 1. The maximum atomic E-state index is 12.1. The zero-order valence-corrected chi connectivity index (χ0v) is 10.5. The summed E-state index contributed by atoms with van der Waals surface area (Å²) < 4.78 is 0. The quantitative estimate of drug-likeness (QED) is 0.509. The lowest BCUT2D eigenvalue weighted by molar-refractivity contribution is 0.0658. The number of hydrogen-bond donors (Lipinski definition) is 1. The first kappa shape index (κ1) is 12.1. The Morgan fingerprint density at radius 2 is 1.35 bits per heavy atom. The van der Waals surface area contributed by atoms with E-state index < -0.39 is 11.8 Å². The van der Waals surface area contributed by atoms with Crippen molar-refractivity contribution in [1.82, 2.24) is 5.01 Å². The van der Waals surface area contributed by atoms with Gasteiger partial charge in [0.1, 0.15) is 0 Å². The number of imide groups is 1. The largest absolute Gasteiger partial charge is 0.382 e. The molecule has 20 heavy (non-hydrogen) atoms. The first-order valence-electron chi connectivity index (χ1n) is 6.06. The average Bonchev–Trinajstić information content (AvgIpc) is 2.74. The minimum absolute atomic E-state index is 0.125. The monoisotopic (exact) mass is 265 g/mol. The summed E-state index contributed by atoms with van der Waals surface area (Å²) in [6, 6.07) is 15.6. The molecule has 1 aliphatic rings. The van der Waals surface area contributed by atoms with Crippen molar-refractivity contribution in [3.05, 3.63) is 71.3 Å². The number of benzene rings is 2. The molecule has 0 aromatic heterocycles. The lowest BCUT2D eigenvalue weighted by atomic mass is 10.1. The molecule has 0 atom stereocenters. The summed E-state index contributed by atoms with van der Waals surface area (Å²) in [7, 11) is 0. The number of amides is 2. The van der Waals surface area contributed by atoms with Gasteiger partial charge in [0, 0.05) is 5.56 Å². The molecule has 0 spiro atoms. The SMILES string of the molecule is NC(=NN1C(=O)c2ccccc2C1=O)c1ccccc1. The van der Waals surface area contributed by atoms with Gasteiger partial charge in [-0.3, -0.25) is 9.59 Å². The zero-order chi connectivity index (χ0) is 14.1. The van der Waals surface area contributed by atoms with Crippen LogP contribution in [-0.4, -0.2) is 22.7 Å². The lowest BCUT2D eigenvalue weighted by Crippen LogP contribution is -2.28. The average molecular weight is 265 g/mol. The van der Waals surface area contributed by atoms with Gasteiger partial charge in [-0.25, -0.2) is 0 Å². The van der Waals surface area contributed by atoms with Crippen molar-refractivity contribution in [3.8, 4) is 0 Å². The number of carbonyl (C=O) groups excluding carboxylic acids is 2. The molecule has 2 aromatic carbocycles. The Balaban J connectivity index is 1.98. The minimum atomic E-state index is -0.454. The van der Waals surface area contributed by atoms with Crippen molar-refractivity contribution < 1.29 is 9.59 Å². The van der Waals surface area contributed by atoms with Crippen molar-refractivity contribution >= 4 is 17.6 Å². The Bertz CT molecular complexity index is 688. The van der Waals surface area contributed by atoms with Crippen LogP contribution in [0.5, 0.6) is 0 Å². The highest BCUT2D eigenvalue weighted by molar-refractivity contribution is 6.21. The van der Waals surface area contributed by atoms with Crippen LogP contribution < -0.4 is 5.73 Å². The van der Waals surface area contributed by atoms with Gasteiger partial charge in [-0.1, -0.05) is 42.5 Å². The molecule has 98 valence electrons. The van der Waals surface area contributed by atoms with Crippen molar-refractivity contribution in [2.75, 3.05) is 0 Å². The first-order chi connectivity index (χ1) is 9.68. The van der Waals surface area contributed by atoms with E-state index in [2.05, 4.69) is 5.10 Å². The predicted molar refractivity (Wildman–Crippen MR) is 74.1 cm³/mol. The Labute approximate surface area is 115 Å². The molecule has 1 aliphatic heterocycles. The van der Waals surface area contributed by atoms with E-state index in [1.165, 1.54) is 0 Å². The summed E-state index contributed by atoms with van der Waals surface area (Å²) >= 11 is 0. The standard InChI is InChI=1S/C15H11N3O2/c16-13(10-6-2-1-3-7-10)17-18-14(19)11-8-4-5-9-12(11)15(18)20/h1-9H,(H2,16,17). The third-order valence-electron chi connectivity index (χ3n) is 3.05. The van der Waals surface area contributed by atoms with Gasteiger partial charge >= 0.3 is 0 Å². The maximum Gasteiger partial charge on any atom is 0.282 e. The smallest absolute Gasteiger partial charge is 0.282 e. The van der Waals surface area contributed by atoms with E-state index >= 15 is 0 Å². The second-order valence-electron chi connectivity index (χ2n) is 4.32. The van der Waals surface area contributed by atoms with Gasteiger partial charge in [-0.15, -0.1) is 5.10 Å². The van der Waals surface area contributed by atoms with E-state index in [0.29, 0.717) is 16.7 Å². The number of carbonyl (C=O) groups is 2. The molecular weight excluding hydrogens is 254 g/mol. The molecule has 0 unspecified atom stereocenters. The van der Waals surface area contributed by atoms with Crippen LogP contribution in [0.15, 0.2) is 59.7 Å². The molecular formula is C15H11N3O2. The molecule has 5 nitrogen and oxygen atoms in total. The van der Waals surface area contributed by atoms with Crippen molar-refractivity contribution in [1.29, 1.82) is 0 Å². The Morgan fingerprint density at radius 3 is 1.90 bits per heavy atom. The van der Waals surface area contributed by atoms with Crippen LogP contribution >= 0.6 is 0 Å². The molecule has 2 amide bonds. The van der Waals surface area contributed by atoms with Gasteiger partial charge in [0.25, 0.3) is 11.8 Å². The first-order valence-corrected chi connectivity index (χ1v) is 6.06. The van der Waals surface area contributed by atoms with Gasteiger partial charge in [-0.05, 0) is 12.1 Å². The molecule has 1 heterocycles. The fourth-order valence-electron chi connectivity index (χ4n) is 2.04. The fraction of sp³-hybridized carbons (Fsp3) is 0. The van der Waals surface area contributed by atoms with Crippen molar-refractivity contribution in [2.24, 2.45) is 10.8 Å². The van der Waals surface area contributed by atoms with Gasteiger partial charge < -0.3 is 5.73 Å². The van der Waals surface area contributed by atoms with Crippen LogP contribution in [0.4, 0.5) is 0 Å². The predicted octanol–water partition coefficient (Wildman–Crippen LogP) is 1.60. The number of nitrogens with zero attached hydrogens (tertiary/aromatic N) is 2. The van der Waals surface area contributed by atoms with Gasteiger partial charge in [0.15, 0.2) is 5.84 Å². The van der Waals surface area contributed by atoms with Crippen LogP contribution in [0, 0.1) is 0 Å². The molecule has 0 fully saturated rings. The zero-order valence-electron chi connectivity index (χ0n) is 10.5. The van der Waals surface area contributed by atoms with Crippen LogP contribution in [0.2, 0.25) is 0 Å². The summed E-state index contributed by atoms with van der Waals surface area (Å²) in [6.07, 6.45) is 0. The summed E-state index contributed by atoms with van der Waals surface area (Å²) in [4.78, 5) is 24.2. The highest BCUT2D eigenvalue weighted by atomic mass is 16.2. The molecule has 3 rings (SSSR count). The topological polar surface area (TPSA) is 75.8 Å². The van der Waals surface area contributed by atoms with Gasteiger partial charge in [-0.2, -0.15) is 5.01 Å². The molecule has 0 radical (unpaired) electrons. The van der Waals surface area contributed by atoms with E-state index in [-0.39, 0.29) is 5.84 Å². The molecule has 0 aliphatic carbocycles. The summed E-state index contributed by atoms with van der Waals surface area (Å²) in [6.45, 7) is 0. The van der Waals surface area contributed by atoms with Crippen LogP contribution in [-0.2, 0) is 0 Å². The van der Waals surface area contributed by atoms with Gasteiger partial charge in [0.2, 0.25) is 0 Å². The molecule has 5 heteroatoms. The maximum absolute atomic E-state index is 12.1. The Hall–Kier alpha value is -2.95. The third-order valence-corrected chi connectivity index (χ3v) is 3.05. The second-order valence-corrected chi connectivity index (χ2v) is 4.32. The summed E-state index contributed by atoms with van der Waals surface area (Å²) in [5, 5.41) is 4.76. The summed E-state index contributed by atoms with van der Waals surface area (Å²) in [5.74, 6) is -0.783. The lowest BCUT2D eigenvalue weighted by Gasteiger charge is -2.08. The second kappa shape index (κ2) is 4.62. The van der Waals surface area contributed by atoms with E-state index in [9.17, 15) is 9.59 Å². The van der Waals surface area contributed by atoms with E-state index in [1.807, 2.05) is 6.07 Å². The molecule has 2 N–H and O–H groups in total. The number of amidine groups is 1. The number of nitrogens with two attached hydrogens (primary N) is 1. The number of hydrazone groups is 1. The van der Waals surface area contributed by atoms with E-state index in [4.69, 9.17) is 5.73 Å². The molecule has 0 saturated heterocycles. The van der Waals surface area contributed by atoms with E-state index in [0.717, 1.165) is 5.01 Å². The molecule has 0 bridgehead atoms. The van der Waals surface area contributed by atoms with Crippen LogP contribution in [0.25, 0.3) is 0 Å². The van der Waals surface area contributed by atoms with Crippen molar-refractivity contribution in [3.63, 3.8) is 0 Å². The highest BCUT2D eigenvalue weighted by Gasteiger charge is 2.35.